The number of rotatable bonds is 2. The first-order chi connectivity index (χ1) is 11.3. The molecule has 7 heteroatoms. The van der Waals surface area contributed by atoms with E-state index in [1.807, 2.05) is 0 Å². The molecule has 1 aliphatic carbocycles. The lowest BCUT2D eigenvalue weighted by atomic mass is 9.93. The van der Waals surface area contributed by atoms with E-state index in [9.17, 15) is 23.2 Å². The number of fused-ring (bicyclic) bond motifs is 1. The molecule has 1 saturated heterocycles. The maximum absolute atomic E-state index is 13.4. The van der Waals surface area contributed by atoms with Crippen molar-refractivity contribution >= 4 is 17.7 Å². The zero-order chi connectivity index (χ0) is 17.1. The molecular formula is C17H16F2N2O3. The Labute approximate surface area is 137 Å². The van der Waals surface area contributed by atoms with Crippen LogP contribution in [0.2, 0.25) is 0 Å². The van der Waals surface area contributed by atoms with Crippen LogP contribution in [0.5, 0.6) is 0 Å². The Balaban J connectivity index is 1.41. The summed E-state index contributed by atoms with van der Waals surface area (Å²) in [5.74, 6) is -3.94. The van der Waals surface area contributed by atoms with Crippen LogP contribution < -0.4 is 0 Å². The van der Waals surface area contributed by atoms with E-state index in [-0.39, 0.29) is 44.8 Å². The molecule has 2 fully saturated rings. The first-order valence-corrected chi connectivity index (χ1v) is 7.95. The lowest BCUT2D eigenvalue weighted by Gasteiger charge is -2.33. The van der Waals surface area contributed by atoms with Gasteiger partial charge in [0.1, 0.15) is 6.54 Å². The highest BCUT2D eigenvalue weighted by Crippen LogP contribution is 2.65. The van der Waals surface area contributed by atoms with Crippen molar-refractivity contribution in [3.63, 3.8) is 0 Å². The molecule has 1 aromatic carbocycles. The summed E-state index contributed by atoms with van der Waals surface area (Å²) in [5, 5.41) is 0. The maximum atomic E-state index is 13.4. The highest BCUT2D eigenvalue weighted by atomic mass is 19.3. The second-order valence-electron chi connectivity index (χ2n) is 6.78. The maximum Gasteiger partial charge on any atom is 0.262 e. The summed E-state index contributed by atoms with van der Waals surface area (Å²) in [7, 11) is 0. The van der Waals surface area contributed by atoms with E-state index in [1.54, 1.807) is 24.3 Å². The molecule has 1 saturated carbocycles. The zero-order valence-corrected chi connectivity index (χ0v) is 12.9. The van der Waals surface area contributed by atoms with Crippen LogP contribution in [0, 0.1) is 5.41 Å². The summed E-state index contributed by atoms with van der Waals surface area (Å²) in [4.78, 5) is 39.3. The minimum Gasteiger partial charge on any atom is -0.341 e. The summed E-state index contributed by atoms with van der Waals surface area (Å²) in [6.07, 6.45) is 0.447. The number of benzene rings is 1. The van der Waals surface area contributed by atoms with Gasteiger partial charge in [0.15, 0.2) is 0 Å². The highest BCUT2D eigenvalue weighted by Gasteiger charge is 2.70. The second-order valence-corrected chi connectivity index (χ2v) is 6.78. The second kappa shape index (κ2) is 4.84. The summed E-state index contributed by atoms with van der Waals surface area (Å²) in [6.45, 7) is 0.158. The van der Waals surface area contributed by atoms with Crippen molar-refractivity contribution < 1.29 is 23.2 Å². The Bertz CT molecular complexity index is 719. The average molecular weight is 334 g/mol. The molecule has 1 aromatic rings. The van der Waals surface area contributed by atoms with Crippen LogP contribution in [0.1, 0.15) is 40.0 Å². The molecular weight excluding hydrogens is 318 g/mol. The van der Waals surface area contributed by atoms with Gasteiger partial charge in [-0.2, -0.15) is 0 Å². The van der Waals surface area contributed by atoms with E-state index in [2.05, 4.69) is 0 Å². The third-order valence-corrected chi connectivity index (χ3v) is 5.46. The lowest BCUT2D eigenvalue weighted by Crippen LogP contribution is -2.46. The van der Waals surface area contributed by atoms with Gasteiger partial charge in [0.05, 0.1) is 11.1 Å². The van der Waals surface area contributed by atoms with Gasteiger partial charge in [0.25, 0.3) is 17.7 Å². The van der Waals surface area contributed by atoms with Crippen molar-refractivity contribution in [2.75, 3.05) is 19.6 Å². The van der Waals surface area contributed by atoms with Gasteiger partial charge < -0.3 is 4.90 Å². The fourth-order valence-corrected chi connectivity index (χ4v) is 3.73. The van der Waals surface area contributed by atoms with Gasteiger partial charge in [-0.1, -0.05) is 12.1 Å². The molecule has 24 heavy (non-hydrogen) atoms. The van der Waals surface area contributed by atoms with Crippen molar-refractivity contribution in [3.8, 4) is 0 Å². The summed E-state index contributed by atoms with van der Waals surface area (Å²) in [5.41, 5.74) is -0.338. The predicted molar refractivity (Wildman–Crippen MR) is 79.6 cm³/mol. The summed E-state index contributed by atoms with van der Waals surface area (Å²) < 4.78 is 26.8. The molecule has 0 aromatic heterocycles. The minimum absolute atomic E-state index is 0.0968. The monoisotopic (exact) mass is 334 g/mol. The van der Waals surface area contributed by atoms with Crippen molar-refractivity contribution in [2.24, 2.45) is 5.41 Å². The van der Waals surface area contributed by atoms with Crippen LogP contribution >= 0.6 is 0 Å². The number of nitrogens with zero attached hydrogens (tertiary/aromatic N) is 2. The van der Waals surface area contributed by atoms with Gasteiger partial charge in [-0.05, 0) is 25.0 Å². The van der Waals surface area contributed by atoms with Crippen molar-refractivity contribution in [1.82, 2.24) is 9.80 Å². The molecule has 0 N–H and O–H groups in total. The van der Waals surface area contributed by atoms with Gasteiger partial charge in [-0.15, -0.1) is 0 Å². The highest BCUT2D eigenvalue weighted by molar-refractivity contribution is 6.22. The molecule has 5 nitrogen and oxygen atoms in total. The molecule has 2 aliphatic heterocycles. The molecule has 4 rings (SSSR count). The largest absolute Gasteiger partial charge is 0.341 e. The SMILES string of the molecule is O=C(CN1C(=O)c2ccccc2C1=O)N1CCC2(CC1)CC2(F)F. The van der Waals surface area contributed by atoms with E-state index >= 15 is 0 Å². The number of piperidine rings is 1. The molecule has 3 aliphatic rings. The van der Waals surface area contributed by atoms with Crippen molar-refractivity contribution in [2.45, 2.75) is 25.2 Å². The first-order valence-electron chi connectivity index (χ1n) is 7.95. The predicted octanol–water partition coefficient (Wildman–Crippen LogP) is 1.93. The Morgan fingerprint density at radius 3 is 2.00 bits per heavy atom. The molecule has 3 amide bonds. The van der Waals surface area contributed by atoms with Gasteiger partial charge >= 0.3 is 0 Å². The number of likely N-dealkylation sites (tertiary alicyclic amines) is 1. The Morgan fingerprint density at radius 1 is 1.04 bits per heavy atom. The average Bonchev–Trinajstić information content (AvgIpc) is 3.01. The van der Waals surface area contributed by atoms with E-state index in [0.29, 0.717) is 11.1 Å². The Hall–Kier alpha value is -2.31. The molecule has 0 unspecified atom stereocenters. The van der Waals surface area contributed by atoms with E-state index in [1.165, 1.54) is 4.90 Å². The Morgan fingerprint density at radius 2 is 1.54 bits per heavy atom. The standard InChI is InChI=1S/C17H16F2N2O3/c18-17(19)10-16(17)5-7-20(8-6-16)13(22)9-21-14(23)11-3-1-2-4-12(11)15(21)24/h1-4H,5-10H2. The van der Waals surface area contributed by atoms with Crippen LogP contribution in [0.25, 0.3) is 0 Å². The molecule has 0 atom stereocenters. The fourth-order valence-electron chi connectivity index (χ4n) is 3.73. The Kier molecular flexibility index (Phi) is 3.07. The third-order valence-electron chi connectivity index (χ3n) is 5.46. The number of halogens is 2. The topological polar surface area (TPSA) is 57.7 Å². The van der Waals surface area contributed by atoms with E-state index in [4.69, 9.17) is 0 Å². The molecule has 0 bridgehead atoms. The number of carbonyl (C=O) groups is 3. The number of amides is 3. The van der Waals surface area contributed by atoms with Crippen LogP contribution in [0.3, 0.4) is 0 Å². The van der Waals surface area contributed by atoms with Gasteiger partial charge in [-0.3, -0.25) is 19.3 Å². The van der Waals surface area contributed by atoms with Crippen molar-refractivity contribution in [1.29, 1.82) is 0 Å². The molecule has 2 heterocycles. The molecule has 0 radical (unpaired) electrons. The van der Waals surface area contributed by atoms with Gasteiger partial charge in [0.2, 0.25) is 5.91 Å². The quantitative estimate of drug-likeness (QED) is 0.777. The van der Waals surface area contributed by atoms with Gasteiger partial charge in [-0.25, -0.2) is 8.78 Å². The van der Waals surface area contributed by atoms with E-state index in [0.717, 1.165) is 4.90 Å². The van der Waals surface area contributed by atoms with Crippen LogP contribution in [0.15, 0.2) is 24.3 Å². The van der Waals surface area contributed by atoms with Crippen molar-refractivity contribution in [3.05, 3.63) is 35.4 Å². The lowest BCUT2D eigenvalue weighted by molar-refractivity contribution is -0.133. The van der Waals surface area contributed by atoms with Crippen LogP contribution in [-0.2, 0) is 4.79 Å². The fraction of sp³-hybridized carbons (Fsp3) is 0.471. The first kappa shape index (κ1) is 15.2. The van der Waals surface area contributed by atoms with E-state index < -0.39 is 23.2 Å². The number of carbonyl (C=O) groups excluding carboxylic acids is 3. The number of hydrogen-bond acceptors (Lipinski definition) is 3. The number of alkyl halides is 2. The van der Waals surface area contributed by atoms with Crippen LogP contribution in [-0.4, -0.2) is 53.1 Å². The number of imide groups is 1. The zero-order valence-electron chi connectivity index (χ0n) is 12.9. The molecule has 1 spiro atoms. The van der Waals surface area contributed by atoms with Gasteiger partial charge in [0, 0.05) is 24.9 Å². The normalized spacial score (nSPS) is 23.6. The van der Waals surface area contributed by atoms with Crippen LogP contribution in [0.4, 0.5) is 8.78 Å². The summed E-state index contributed by atoms with van der Waals surface area (Å²) >= 11 is 0. The minimum atomic E-state index is -2.61. The third kappa shape index (κ3) is 2.07. The number of hydrogen-bond donors (Lipinski definition) is 0. The smallest absolute Gasteiger partial charge is 0.262 e. The molecule has 126 valence electrons. The summed E-state index contributed by atoms with van der Waals surface area (Å²) in [6, 6.07) is 6.43.